The van der Waals surface area contributed by atoms with Crippen molar-refractivity contribution in [1.82, 2.24) is 4.90 Å². The molecule has 4 heteroatoms. The van der Waals surface area contributed by atoms with Crippen molar-refractivity contribution >= 4 is 12.4 Å². The monoisotopic (exact) mass is 269 g/mol. The predicted octanol–water partition coefficient (Wildman–Crippen LogP) is 2.91. The van der Waals surface area contributed by atoms with Gasteiger partial charge in [0.05, 0.1) is 0 Å². The van der Waals surface area contributed by atoms with E-state index in [9.17, 15) is 14.7 Å². The van der Waals surface area contributed by atoms with Crippen molar-refractivity contribution in [1.29, 1.82) is 0 Å². The summed E-state index contributed by atoms with van der Waals surface area (Å²) in [4.78, 5) is 24.9. The summed E-state index contributed by atoms with van der Waals surface area (Å²) in [5.41, 5.74) is -1.26. The molecule has 19 heavy (non-hydrogen) atoms. The maximum absolute atomic E-state index is 12.0. The van der Waals surface area contributed by atoms with Gasteiger partial charge in [0.1, 0.15) is 5.54 Å². The molecule has 1 aliphatic rings. The van der Waals surface area contributed by atoms with Crippen LogP contribution in [0.15, 0.2) is 0 Å². The van der Waals surface area contributed by atoms with Crippen LogP contribution in [-0.2, 0) is 9.59 Å². The fourth-order valence-corrected chi connectivity index (χ4v) is 4.23. The lowest BCUT2D eigenvalue weighted by Crippen LogP contribution is -2.62. The first-order valence-electron chi connectivity index (χ1n) is 6.93. The summed E-state index contributed by atoms with van der Waals surface area (Å²) in [6, 6.07) is -0.113. The van der Waals surface area contributed by atoms with E-state index in [0.717, 1.165) is 6.42 Å². The van der Waals surface area contributed by atoms with E-state index in [1.54, 1.807) is 0 Å². The van der Waals surface area contributed by atoms with Crippen molar-refractivity contribution in [3.63, 3.8) is 0 Å². The quantitative estimate of drug-likeness (QED) is 0.798. The van der Waals surface area contributed by atoms with Crippen LogP contribution in [-0.4, -0.2) is 34.0 Å². The largest absolute Gasteiger partial charge is 0.479 e. The Morgan fingerprint density at radius 1 is 1.11 bits per heavy atom. The predicted molar refractivity (Wildman–Crippen MR) is 74.8 cm³/mol. The molecule has 1 saturated carbocycles. The first kappa shape index (κ1) is 16.0. The van der Waals surface area contributed by atoms with Crippen LogP contribution in [0.1, 0.15) is 60.8 Å². The second-order valence-corrected chi connectivity index (χ2v) is 7.80. The van der Waals surface area contributed by atoms with Gasteiger partial charge in [0.2, 0.25) is 6.41 Å². The van der Waals surface area contributed by atoms with Crippen LogP contribution < -0.4 is 0 Å². The van der Waals surface area contributed by atoms with Crippen LogP contribution in [0.25, 0.3) is 0 Å². The highest BCUT2D eigenvalue weighted by Crippen LogP contribution is 2.52. The molecule has 0 bridgehead atoms. The topological polar surface area (TPSA) is 57.6 Å². The van der Waals surface area contributed by atoms with E-state index < -0.39 is 11.5 Å². The molecule has 0 atom stereocenters. The number of carbonyl (C=O) groups excluding carboxylic acids is 1. The van der Waals surface area contributed by atoms with Crippen molar-refractivity contribution in [3.8, 4) is 0 Å². The van der Waals surface area contributed by atoms with E-state index in [1.807, 2.05) is 13.8 Å². The van der Waals surface area contributed by atoms with Crippen molar-refractivity contribution < 1.29 is 14.7 Å². The fraction of sp³-hybridized carbons (Fsp3) is 0.867. The Balaban J connectivity index is 3.33. The minimum atomic E-state index is -1.08. The Labute approximate surface area is 116 Å². The zero-order valence-corrected chi connectivity index (χ0v) is 13.0. The third-order valence-corrected chi connectivity index (χ3v) is 4.06. The highest BCUT2D eigenvalue weighted by molar-refractivity contribution is 5.82. The molecule has 110 valence electrons. The van der Waals surface area contributed by atoms with Gasteiger partial charge in [-0.05, 0) is 43.9 Å². The van der Waals surface area contributed by atoms with Gasteiger partial charge in [0.15, 0.2) is 0 Å². The second kappa shape index (κ2) is 4.80. The third-order valence-electron chi connectivity index (χ3n) is 4.06. The molecular weight excluding hydrogens is 242 g/mol. The molecule has 1 fully saturated rings. The molecule has 1 amide bonds. The van der Waals surface area contributed by atoms with Gasteiger partial charge < -0.3 is 10.0 Å². The van der Waals surface area contributed by atoms with Crippen molar-refractivity contribution in [3.05, 3.63) is 0 Å². The first-order chi connectivity index (χ1) is 8.46. The number of carboxylic acids is 1. The van der Waals surface area contributed by atoms with Crippen molar-refractivity contribution in [2.75, 3.05) is 0 Å². The summed E-state index contributed by atoms with van der Waals surface area (Å²) in [6.45, 7) is 12.1. The van der Waals surface area contributed by atoms with Crippen LogP contribution in [0.2, 0.25) is 0 Å². The van der Waals surface area contributed by atoms with Crippen LogP contribution in [0, 0.1) is 10.8 Å². The smallest absolute Gasteiger partial charge is 0.329 e. The van der Waals surface area contributed by atoms with E-state index in [0.29, 0.717) is 19.3 Å². The van der Waals surface area contributed by atoms with Gasteiger partial charge >= 0.3 is 5.97 Å². The van der Waals surface area contributed by atoms with Gasteiger partial charge in [-0.1, -0.05) is 27.7 Å². The van der Waals surface area contributed by atoms with Gasteiger partial charge in [-0.3, -0.25) is 4.79 Å². The summed E-state index contributed by atoms with van der Waals surface area (Å²) < 4.78 is 0. The number of rotatable bonds is 4. The van der Waals surface area contributed by atoms with E-state index in [-0.39, 0.29) is 16.9 Å². The van der Waals surface area contributed by atoms with Crippen LogP contribution in [0.5, 0.6) is 0 Å². The van der Waals surface area contributed by atoms with Gasteiger partial charge in [0, 0.05) is 6.04 Å². The molecule has 0 radical (unpaired) electrons. The normalized spacial score (nSPS) is 23.9. The number of carbonyl (C=O) groups is 2. The number of hydrogen-bond donors (Lipinski definition) is 1. The standard InChI is InChI=1S/C15H27NO3/c1-11(2)16(10-17)15(12(18)19)8-13(3,4)7-14(5,6)9-15/h10-11H,7-9H2,1-6H3,(H,18,19). The van der Waals surface area contributed by atoms with E-state index >= 15 is 0 Å². The molecule has 0 aromatic heterocycles. The van der Waals surface area contributed by atoms with E-state index in [4.69, 9.17) is 0 Å². The van der Waals surface area contributed by atoms with Crippen molar-refractivity contribution in [2.24, 2.45) is 10.8 Å². The van der Waals surface area contributed by atoms with Gasteiger partial charge in [-0.25, -0.2) is 4.79 Å². The number of carboxylic acid groups (broad SMARTS) is 1. The zero-order chi connectivity index (χ0) is 15.1. The molecule has 0 unspecified atom stereocenters. The maximum atomic E-state index is 12.0. The van der Waals surface area contributed by atoms with Gasteiger partial charge in [0.25, 0.3) is 0 Å². The molecule has 0 aromatic carbocycles. The average molecular weight is 269 g/mol. The zero-order valence-electron chi connectivity index (χ0n) is 13.0. The summed E-state index contributed by atoms with van der Waals surface area (Å²) >= 11 is 0. The summed E-state index contributed by atoms with van der Waals surface area (Å²) in [5.74, 6) is -0.880. The number of hydrogen-bond acceptors (Lipinski definition) is 2. The molecule has 0 aromatic rings. The Hall–Kier alpha value is -1.06. The van der Waals surface area contributed by atoms with Crippen LogP contribution in [0.3, 0.4) is 0 Å². The first-order valence-corrected chi connectivity index (χ1v) is 6.93. The van der Waals surface area contributed by atoms with Gasteiger partial charge in [-0.2, -0.15) is 0 Å². The van der Waals surface area contributed by atoms with Gasteiger partial charge in [-0.15, -0.1) is 0 Å². The fourth-order valence-electron chi connectivity index (χ4n) is 4.23. The Kier molecular flexibility index (Phi) is 4.04. The molecular formula is C15H27NO3. The minimum Gasteiger partial charge on any atom is -0.479 e. The highest BCUT2D eigenvalue weighted by atomic mass is 16.4. The average Bonchev–Trinajstić information content (AvgIpc) is 2.11. The summed E-state index contributed by atoms with van der Waals surface area (Å²) in [6.07, 6.45) is 2.70. The lowest BCUT2D eigenvalue weighted by atomic mass is 9.57. The molecule has 0 aliphatic heterocycles. The van der Waals surface area contributed by atoms with E-state index in [1.165, 1.54) is 4.90 Å². The highest BCUT2D eigenvalue weighted by Gasteiger charge is 2.55. The Morgan fingerprint density at radius 2 is 1.53 bits per heavy atom. The van der Waals surface area contributed by atoms with Crippen LogP contribution >= 0.6 is 0 Å². The molecule has 0 spiro atoms. The van der Waals surface area contributed by atoms with Crippen molar-refractivity contribution in [2.45, 2.75) is 72.4 Å². The van der Waals surface area contributed by atoms with E-state index in [2.05, 4.69) is 27.7 Å². The Morgan fingerprint density at radius 3 is 1.79 bits per heavy atom. The summed E-state index contributed by atoms with van der Waals surface area (Å²) in [5, 5.41) is 9.80. The number of amides is 1. The molecule has 4 nitrogen and oxygen atoms in total. The molecule has 1 rings (SSSR count). The SMILES string of the molecule is CC(C)N(C=O)C1(C(=O)O)CC(C)(C)CC(C)(C)C1. The summed E-state index contributed by atoms with van der Waals surface area (Å²) in [7, 11) is 0. The number of aliphatic carboxylic acids is 1. The van der Waals surface area contributed by atoms with Crippen LogP contribution in [0.4, 0.5) is 0 Å². The molecule has 1 aliphatic carbocycles. The molecule has 0 heterocycles. The third kappa shape index (κ3) is 3.10. The lowest BCUT2D eigenvalue weighted by molar-refractivity contribution is -0.168. The molecule has 1 N–H and O–H groups in total. The Bertz CT molecular complexity index is 356. The molecule has 0 saturated heterocycles. The second-order valence-electron chi connectivity index (χ2n) is 7.80. The lowest BCUT2D eigenvalue weighted by Gasteiger charge is -2.54. The maximum Gasteiger partial charge on any atom is 0.329 e. The number of nitrogens with zero attached hydrogens (tertiary/aromatic N) is 1. The minimum absolute atomic E-state index is 0.0870.